The third-order valence-corrected chi connectivity index (χ3v) is 6.68. The van der Waals surface area contributed by atoms with E-state index >= 15 is 0 Å². The van der Waals surface area contributed by atoms with Gasteiger partial charge in [-0.25, -0.2) is 9.97 Å². The molecule has 0 radical (unpaired) electrons. The number of hydrogen-bond donors (Lipinski definition) is 1. The SMILES string of the molecule is C[C@H]1COCCN1c1cc(-c2cnc(N)c(OC(F)F)c2)nc(N2CCC3(CC2)COC3)n1. The van der Waals surface area contributed by atoms with Crippen LogP contribution in [0.25, 0.3) is 11.3 Å². The van der Waals surface area contributed by atoms with Gasteiger partial charge in [0.05, 0.1) is 38.2 Å². The summed E-state index contributed by atoms with van der Waals surface area (Å²) in [7, 11) is 0. The van der Waals surface area contributed by atoms with Crippen LogP contribution in [0.5, 0.6) is 5.75 Å². The first-order chi connectivity index (χ1) is 15.9. The summed E-state index contributed by atoms with van der Waals surface area (Å²) in [6.45, 7) is 4.34. The molecule has 33 heavy (non-hydrogen) atoms. The average Bonchev–Trinajstić information content (AvgIpc) is 2.79. The summed E-state index contributed by atoms with van der Waals surface area (Å²) in [5, 5.41) is 0. The molecule has 2 aromatic rings. The lowest BCUT2D eigenvalue weighted by molar-refractivity contribution is -0.124. The molecule has 3 aliphatic rings. The molecule has 9 nitrogen and oxygen atoms in total. The van der Waals surface area contributed by atoms with Crippen molar-refractivity contribution < 1.29 is 23.0 Å². The van der Waals surface area contributed by atoms with E-state index in [1.807, 2.05) is 6.07 Å². The molecule has 3 fully saturated rings. The average molecular weight is 463 g/mol. The van der Waals surface area contributed by atoms with Gasteiger partial charge in [-0.2, -0.15) is 13.8 Å². The van der Waals surface area contributed by atoms with E-state index in [0.29, 0.717) is 37.0 Å². The Morgan fingerprint density at radius 2 is 1.94 bits per heavy atom. The van der Waals surface area contributed by atoms with Crippen molar-refractivity contribution in [3.05, 3.63) is 18.3 Å². The lowest BCUT2D eigenvalue weighted by Crippen LogP contribution is -2.51. The normalized spacial score (nSPS) is 22.5. The van der Waals surface area contributed by atoms with Gasteiger partial charge in [-0.1, -0.05) is 0 Å². The van der Waals surface area contributed by atoms with Gasteiger partial charge in [-0.05, 0) is 25.8 Å². The number of hydrogen-bond acceptors (Lipinski definition) is 9. The standard InChI is InChI=1S/C22H28F2N6O3/c1-14-11-31-7-6-30(14)18-9-16(15-8-17(33-20(23)24)19(25)26-10-15)27-21(28-18)29-4-2-22(3-5-29)12-32-13-22/h8-10,14,20H,2-7,11-13H2,1H3,(H2,25,26)/t14-/m0/s1. The van der Waals surface area contributed by atoms with Crippen molar-refractivity contribution >= 4 is 17.6 Å². The van der Waals surface area contributed by atoms with E-state index in [-0.39, 0.29) is 23.0 Å². The summed E-state index contributed by atoms with van der Waals surface area (Å²) in [6.07, 6.45) is 3.57. The minimum Gasteiger partial charge on any atom is -0.431 e. The molecule has 3 aliphatic heterocycles. The zero-order valence-corrected chi connectivity index (χ0v) is 18.5. The Balaban J connectivity index is 1.50. The number of nitrogens with zero attached hydrogens (tertiary/aromatic N) is 5. The maximum absolute atomic E-state index is 12.8. The molecule has 5 heterocycles. The van der Waals surface area contributed by atoms with Crippen LogP contribution >= 0.6 is 0 Å². The molecule has 0 aliphatic carbocycles. The molecule has 0 saturated carbocycles. The van der Waals surface area contributed by atoms with E-state index in [1.165, 1.54) is 12.3 Å². The summed E-state index contributed by atoms with van der Waals surface area (Å²) < 4.78 is 41.2. The zero-order chi connectivity index (χ0) is 23.0. The monoisotopic (exact) mass is 462 g/mol. The van der Waals surface area contributed by atoms with Gasteiger partial charge in [0, 0.05) is 42.9 Å². The fourth-order valence-electron chi connectivity index (χ4n) is 4.57. The highest BCUT2D eigenvalue weighted by Gasteiger charge is 2.41. The highest BCUT2D eigenvalue weighted by atomic mass is 19.3. The number of ether oxygens (including phenoxy) is 3. The van der Waals surface area contributed by atoms with Gasteiger partial charge in [-0.3, -0.25) is 0 Å². The number of nitrogen functional groups attached to an aromatic ring is 1. The van der Waals surface area contributed by atoms with Crippen molar-refractivity contribution in [2.75, 3.05) is 61.6 Å². The smallest absolute Gasteiger partial charge is 0.387 e. The second kappa shape index (κ2) is 8.86. The quantitative estimate of drug-likeness (QED) is 0.719. The first-order valence-electron chi connectivity index (χ1n) is 11.2. The van der Waals surface area contributed by atoms with Crippen LogP contribution in [0, 0.1) is 5.41 Å². The van der Waals surface area contributed by atoms with Crippen LogP contribution < -0.4 is 20.3 Å². The number of nitrogens with two attached hydrogens (primary N) is 1. The third kappa shape index (κ3) is 4.51. The lowest BCUT2D eigenvalue weighted by atomic mass is 9.77. The summed E-state index contributed by atoms with van der Waals surface area (Å²) in [6, 6.07) is 3.45. The molecule has 0 bridgehead atoms. The molecule has 178 valence electrons. The molecule has 3 saturated heterocycles. The Morgan fingerprint density at radius 3 is 2.61 bits per heavy atom. The Labute approximate surface area is 190 Å². The molecule has 0 aromatic carbocycles. The van der Waals surface area contributed by atoms with E-state index in [2.05, 4.69) is 26.4 Å². The van der Waals surface area contributed by atoms with Crippen LogP contribution in [-0.2, 0) is 9.47 Å². The number of anilines is 3. The molecular formula is C22H28F2N6O3. The minimum atomic E-state index is -2.99. The van der Waals surface area contributed by atoms with Gasteiger partial charge >= 0.3 is 6.61 Å². The van der Waals surface area contributed by atoms with Crippen LogP contribution in [0.4, 0.5) is 26.4 Å². The van der Waals surface area contributed by atoms with Gasteiger partial charge in [0.15, 0.2) is 11.6 Å². The molecular weight excluding hydrogens is 434 g/mol. The molecule has 0 amide bonds. The topological polar surface area (TPSA) is 98.9 Å². The minimum absolute atomic E-state index is 0.0978. The number of halogens is 2. The van der Waals surface area contributed by atoms with Crippen molar-refractivity contribution in [1.29, 1.82) is 0 Å². The summed E-state index contributed by atoms with van der Waals surface area (Å²) >= 11 is 0. The molecule has 1 spiro atoms. The van der Waals surface area contributed by atoms with E-state index in [1.54, 1.807) is 0 Å². The second-order valence-electron chi connectivity index (χ2n) is 8.99. The zero-order valence-electron chi connectivity index (χ0n) is 18.5. The molecule has 11 heteroatoms. The largest absolute Gasteiger partial charge is 0.431 e. The Kier molecular flexibility index (Phi) is 5.92. The summed E-state index contributed by atoms with van der Waals surface area (Å²) in [4.78, 5) is 18.1. The van der Waals surface area contributed by atoms with E-state index in [0.717, 1.165) is 45.0 Å². The van der Waals surface area contributed by atoms with Gasteiger partial charge in [0.1, 0.15) is 5.82 Å². The van der Waals surface area contributed by atoms with Crippen molar-refractivity contribution in [1.82, 2.24) is 15.0 Å². The Hall–Kier alpha value is -2.79. The maximum Gasteiger partial charge on any atom is 0.387 e. The third-order valence-electron chi connectivity index (χ3n) is 6.68. The molecule has 5 rings (SSSR count). The molecule has 2 aromatic heterocycles. The number of alkyl halides is 2. The summed E-state index contributed by atoms with van der Waals surface area (Å²) in [5.41, 5.74) is 7.13. The Morgan fingerprint density at radius 1 is 1.15 bits per heavy atom. The van der Waals surface area contributed by atoms with Gasteiger partial charge in [-0.15, -0.1) is 0 Å². The maximum atomic E-state index is 12.8. The van der Waals surface area contributed by atoms with Crippen molar-refractivity contribution in [2.24, 2.45) is 5.41 Å². The Bertz CT molecular complexity index is 996. The predicted molar refractivity (Wildman–Crippen MR) is 119 cm³/mol. The molecule has 0 unspecified atom stereocenters. The first-order valence-corrected chi connectivity index (χ1v) is 11.2. The number of aromatic nitrogens is 3. The highest BCUT2D eigenvalue weighted by molar-refractivity contribution is 5.68. The van der Waals surface area contributed by atoms with Crippen molar-refractivity contribution in [3.8, 4) is 17.0 Å². The van der Waals surface area contributed by atoms with Gasteiger partial charge in [0.25, 0.3) is 0 Å². The van der Waals surface area contributed by atoms with Crippen molar-refractivity contribution in [2.45, 2.75) is 32.4 Å². The van der Waals surface area contributed by atoms with Crippen LogP contribution in [0.3, 0.4) is 0 Å². The number of rotatable bonds is 5. The molecule has 2 N–H and O–H groups in total. The number of piperidine rings is 1. The van der Waals surface area contributed by atoms with E-state index in [9.17, 15) is 8.78 Å². The molecule has 1 atom stereocenters. The summed E-state index contributed by atoms with van der Waals surface area (Å²) in [5.74, 6) is 1.11. The van der Waals surface area contributed by atoms with E-state index < -0.39 is 6.61 Å². The highest BCUT2D eigenvalue weighted by Crippen LogP contribution is 2.39. The van der Waals surface area contributed by atoms with E-state index in [4.69, 9.17) is 25.2 Å². The van der Waals surface area contributed by atoms with Crippen LogP contribution in [-0.4, -0.2) is 73.7 Å². The van der Waals surface area contributed by atoms with Crippen LogP contribution in [0.1, 0.15) is 19.8 Å². The van der Waals surface area contributed by atoms with Crippen LogP contribution in [0.15, 0.2) is 18.3 Å². The number of morpholine rings is 1. The second-order valence-corrected chi connectivity index (χ2v) is 8.99. The predicted octanol–water partition coefficient (Wildman–Crippen LogP) is 2.56. The van der Waals surface area contributed by atoms with Crippen LogP contribution in [0.2, 0.25) is 0 Å². The fourth-order valence-corrected chi connectivity index (χ4v) is 4.57. The number of pyridine rings is 1. The first kappa shape index (κ1) is 22.0. The fraction of sp³-hybridized carbons (Fsp3) is 0.591. The van der Waals surface area contributed by atoms with Crippen molar-refractivity contribution in [3.63, 3.8) is 0 Å². The van der Waals surface area contributed by atoms with Gasteiger partial charge < -0.3 is 29.7 Å². The lowest BCUT2D eigenvalue weighted by Gasteiger charge is -2.47. The van der Waals surface area contributed by atoms with Gasteiger partial charge in [0.2, 0.25) is 5.95 Å².